The van der Waals surface area contributed by atoms with Crippen LogP contribution in [0.4, 0.5) is 5.69 Å². The molecule has 4 aromatic rings. The number of nitrogens with zero attached hydrogens (tertiary/aromatic N) is 2. The summed E-state index contributed by atoms with van der Waals surface area (Å²) in [4.78, 5) is 14.1. The van der Waals surface area contributed by atoms with Crippen LogP contribution in [-0.2, 0) is 6.42 Å². The maximum atomic E-state index is 12.2. The van der Waals surface area contributed by atoms with Gasteiger partial charge in [-0.1, -0.05) is 38.3 Å². The maximum Gasteiger partial charge on any atom is 0.336 e. The molecule has 1 aromatic heterocycles. The van der Waals surface area contributed by atoms with Gasteiger partial charge in [0, 0.05) is 58.5 Å². The zero-order chi connectivity index (χ0) is 29.0. The number of aromatic nitrogens is 1. The molecular weight excluding hydrogens is 615 g/mol. The highest BCUT2D eigenvalue weighted by molar-refractivity contribution is 14.1. The summed E-state index contributed by atoms with van der Waals surface area (Å²) in [6.45, 7) is 4.52. The number of halogens is 1. The smallest absolute Gasteiger partial charge is 0.336 e. The van der Waals surface area contributed by atoms with Crippen molar-refractivity contribution in [2.45, 2.75) is 52.0 Å². The van der Waals surface area contributed by atoms with E-state index in [9.17, 15) is 9.90 Å². The van der Waals surface area contributed by atoms with Gasteiger partial charge >= 0.3 is 5.97 Å². The SMILES string of the molecule is CCCCCC(C)n1cc(-c2c(OC)ccc(Cc3ccc(N(C)C)cc3C(=O)O)c2OC)c2cc(I)ccc21. The second kappa shape index (κ2) is 13.0. The molecule has 0 bridgehead atoms. The van der Waals surface area contributed by atoms with Gasteiger partial charge in [-0.25, -0.2) is 4.79 Å². The minimum Gasteiger partial charge on any atom is -0.496 e. The number of carbonyl (C=O) groups is 1. The Morgan fingerprint density at radius 2 is 1.77 bits per heavy atom. The van der Waals surface area contributed by atoms with E-state index in [0.717, 1.165) is 49.1 Å². The molecule has 4 rings (SSSR count). The Morgan fingerprint density at radius 3 is 2.42 bits per heavy atom. The number of aromatic carboxylic acids is 1. The van der Waals surface area contributed by atoms with Gasteiger partial charge in [-0.2, -0.15) is 0 Å². The van der Waals surface area contributed by atoms with Gasteiger partial charge in [0.2, 0.25) is 0 Å². The molecule has 40 heavy (non-hydrogen) atoms. The minimum absolute atomic E-state index is 0.290. The predicted octanol–water partition coefficient (Wildman–Crippen LogP) is 8.43. The normalized spacial score (nSPS) is 12.0. The highest BCUT2D eigenvalue weighted by Gasteiger charge is 2.24. The van der Waals surface area contributed by atoms with Gasteiger partial charge < -0.3 is 24.0 Å². The summed E-state index contributed by atoms with van der Waals surface area (Å²) in [6, 6.07) is 16.4. The molecule has 1 unspecified atom stereocenters. The number of ether oxygens (including phenoxy) is 2. The fraction of sp³-hybridized carbons (Fsp3) is 0.364. The van der Waals surface area contributed by atoms with Crippen LogP contribution in [0.3, 0.4) is 0 Å². The van der Waals surface area contributed by atoms with Gasteiger partial charge in [-0.15, -0.1) is 0 Å². The zero-order valence-corrected chi connectivity index (χ0v) is 26.4. The van der Waals surface area contributed by atoms with Crippen molar-refractivity contribution in [2.75, 3.05) is 33.2 Å². The van der Waals surface area contributed by atoms with Gasteiger partial charge in [0.1, 0.15) is 11.5 Å². The molecule has 0 amide bonds. The number of unbranched alkanes of at least 4 members (excludes halogenated alkanes) is 2. The summed E-state index contributed by atoms with van der Waals surface area (Å²) in [7, 11) is 7.16. The van der Waals surface area contributed by atoms with Crippen LogP contribution in [0, 0.1) is 3.57 Å². The number of fused-ring (bicyclic) bond motifs is 1. The number of hydrogen-bond donors (Lipinski definition) is 1. The van der Waals surface area contributed by atoms with Crippen molar-refractivity contribution in [1.29, 1.82) is 0 Å². The molecule has 0 fully saturated rings. The number of carboxylic acid groups (broad SMARTS) is 1. The molecule has 6 nitrogen and oxygen atoms in total. The summed E-state index contributed by atoms with van der Waals surface area (Å²) >= 11 is 2.36. The van der Waals surface area contributed by atoms with Crippen molar-refractivity contribution in [3.63, 3.8) is 0 Å². The fourth-order valence-corrected chi connectivity index (χ4v) is 5.92. The molecule has 1 N–H and O–H groups in total. The van der Waals surface area contributed by atoms with Crippen LogP contribution in [0.2, 0.25) is 0 Å². The lowest BCUT2D eigenvalue weighted by Crippen LogP contribution is -2.11. The summed E-state index contributed by atoms with van der Waals surface area (Å²) in [5.74, 6) is 0.476. The van der Waals surface area contributed by atoms with Crippen LogP contribution >= 0.6 is 22.6 Å². The van der Waals surface area contributed by atoms with E-state index in [1.807, 2.05) is 43.3 Å². The summed E-state index contributed by atoms with van der Waals surface area (Å²) < 4.78 is 15.5. The Bertz CT molecular complexity index is 1510. The van der Waals surface area contributed by atoms with Crippen LogP contribution in [0.5, 0.6) is 11.5 Å². The van der Waals surface area contributed by atoms with E-state index in [-0.39, 0.29) is 5.56 Å². The van der Waals surface area contributed by atoms with Crippen LogP contribution in [0.1, 0.15) is 67.1 Å². The highest BCUT2D eigenvalue weighted by Crippen LogP contribution is 2.46. The Balaban J connectivity index is 1.89. The molecule has 0 aliphatic carbocycles. The summed E-state index contributed by atoms with van der Waals surface area (Å²) in [5.41, 5.74) is 5.89. The first-order valence-corrected chi connectivity index (χ1v) is 14.9. The van der Waals surface area contributed by atoms with E-state index in [1.165, 1.54) is 24.8 Å². The van der Waals surface area contributed by atoms with Crippen LogP contribution in [0.25, 0.3) is 22.0 Å². The van der Waals surface area contributed by atoms with Crippen molar-refractivity contribution in [1.82, 2.24) is 4.57 Å². The molecule has 0 saturated carbocycles. The van der Waals surface area contributed by atoms with E-state index >= 15 is 0 Å². The Kier molecular flexibility index (Phi) is 9.66. The van der Waals surface area contributed by atoms with E-state index in [2.05, 4.69) is 65.4 Å². The molecule has 212 valence electrons. The predicted molar refractivity (Wildman–Crippen MR) is 173 cm³/mol. The fourth-order valence-electron chi connectivity index (χ4n) is 5.43. The number of carboxylic acids is 1. The average Bonchev–Trinajstić information content (AvgIpc) is 3.31. The van der Waals surface area contributed by atoms with E-state index in [4.69, 9.17) is 9.47 Å². The van der Waals surface area contributed by atoms with Crippen LogP contribution < -0.4 is 14.4 Å². The Hall–Kier alpha value is -3.20. The van der Waals surface area contributed by atoms with Crippen LogP contribution in [0.15, 0.2) is 54.7 Å². The van der Waals surface area contributed by atoms with Crippen molar-refractivity contribution in [3.05, 3.63) is 75.0 Å². The van der Waals surface area contributed by atoms with Gasteiger partial charge in [0.15, 0.2) is 0 Å². The van der Waals surface area contributed by atoms with Crippen molar-refractivity contribution in [3.8, 4) is 22.6 Å². The maximum absolute atomic E-state index is 12.2. The van der Waals surface area contributed by atoms with E-state index < -0.39 is 5.97 Å². The largest absolute Gasteiger partial charge is 0.496 e. The van der Waals surface area contributed by atoms with Gasteiger partial charge in [-0.3, -0.25) is 0 Å². The Labute approximate surface area is 251 Å². The number of rotatable bonds is 12. The third kappa shape index (κ3) is 6.09. The van der Waals surface area contributed by atoms with Gasteiger partial charge in [0.25, 0.3) is 0 Å². The minimum atomic E-state index is -0.943. The third-order valence-corrected chi connectivity index (χ3v) is 8.28. The number of anilines is 1. The van der Waals surface area contributed by atoms with Gasteiger partial charge in [0.05, 0.1) is 25.3 Å². The molecule has 1 atom stereocenters. The van der Waals surface area contributed by atoms with Crippen LogP contribution in [-0.4, -0.2) is 44.0 Å². The quantitative estimate of drug-likeness (QED) is 0.123. The number of benzene rings is 3. The van der Waals surface area contributed by atoms with Gasteiger partial charge in [-0.05, 0) is 83.5 Å². The molecule has 0 aliphatic rings. The average molecular weight is 655 g/mol. The van der Waals surface area contributed by atoms with E-state index in [1.54, 1.807) is 20.3 Å². The third-order valence-electron chi connectivity index (χ3n) is 7.61. The second-order valence-corrected chi connectivity index (χ2v) is 11.8. The monoisotopic (exact) mass is 654 g/mol. The molecule has 0 spiro atoms. The highest BCUT2D eigenvalue weighted by atomic mass is 127. The number of methoxy groups -OCH3 is 2. The van der Waals surface area contributed by atoms with Crippen molar-refractivity contribution >= 4 is 45.2 Å². The van der Waals surface area contributed by atoms with Crippen molar-refractivity contribution < 1.29 is 19.4 Å². The number of hydrogen-bond acceptors (Lipinski definition) is 4. The van der Waals surface area contributed by atoms with E-state index in [0.29, 0.717) is 18.2 Å². The molecule has 1 heterocycles. The lowest BCUT2D eigenvalue weighted by Gasteiger charge is -2.19. The lowest BCUT2D eigenvalue weighted by molar-refractivity contribution is 0.0696. The topological polar surface area (TPSA) is 63.9 Å². The summed E-state index contributed by atoms with van der Waals surface area (Å²) in [6.07, 6.45) is 7.38. The molecular formula is C33H39IN2O4. The molecule has 0 aliphatic heterocycles. The second-order valence-electron chi connectivity index (χ2n) is 10.5. The molecule has 0 radical (unpaired) electrons. The zero-order valence-electron chi connectivity index (χ0n) is 24.3. The summed E-state index contributed by atoms with van der Waals surface area (Å²) in [5, 5.41) is 11.1. The standard InChI is InChI=1S/C33H39IN2O4/c1-7-8-9-10-21(2)36-20-28(27-18-24(34)13-15-29(27)36)31-30(39-5)16-12-23(32(31)40-6)17-22-11-14-25(35(3)4)19-26(22)33(37)38/h11-16,18-21H,7-10,17H2,1-6H3,(H,37,38). The first-order chi connectivity index (χ1) is 19.2. The molecule has 3 aromatic carbocycles. The lowest BCUT2D eigenvalue weighted by atomic mass is 9.94. The Morgan fingerprint density at radius 1 is 1.02 bits per heavy atom. The van der Waals surface area contributed by atoms with Crippen molar-refractivity contribution in [2.24, 2.45) is 0 Å². The molecule has 7 heteroatoms. The first kappa shape index (κ1) is 29.8. The first-order valence-electron chi connectivity index (χ1n) is 13.8. The molecule has 0 saturated heterocycles.